The standard InChI is InChI=1S/C16H20O3S/c1-4-5-13-10-16(20(17,18)19)15-9-7-12(11(2)3)6-8-14(13)15/h6-11H,4-5H2,1-3H3,(H,17,18,19). The van der Waals surface area contributed by atoms with E-state index in [4.69, 9.17) is 0 Å². The third-order valence-corrected chi connectivity index (χ3v) is 4.45. The lowest BCUT2D eigenvalue weighted by Crippen LogP contribution is -1.96. The zero-order valence-corrected chi connectivity index (χ0v) is 12.9. The average molecular weight is 292 g/mol. The molecule has 2 aliphatic rings. The van der Waals surface area contributed by atoms with Gasteiger partial charge in [-0.05, 0) is 35.1 Å². The van der Waals surface area contributed by atoms with Gasteiger partial charge >= 0.3 is 0 Å². The van der Waals surface area contributed by atoms with E-state index in [9.17, 15) is 13.0 Å². The van der Waals surface area contributed by atoms with Crippen LogP contribution in [0.2, 0.25) is 0 Å². The van der Waals surface area contributed by atoms with E-state index in [1.165, 1.54) is 0 Å². The van der Waals surface area contributed by atoms with E-state index in [0.717, 1.165) is 29.5 Å². The Labute approximate surface area is 120 Å². The van der Waals surface area contributed by atoms with Gasteiger partial charge in [-0.3, -0.25) is 4.55 Å². The molecular weight excluding hydrogens is 272 g/mol. The molecule has 3 nitrogen and oxygen atoms in total. The number of fused-ring (bicyclic) bond motifs is 1. The molecule has 108 valence electrons. The van der Waals surface area contributed by atoms with Crippen LogP contribution in [0.15, 0.2) is 35.2 Å². The molecular formula is C16H20O3S. The molecule has 2 aliphatic carbocycles. The Bertz CT molecular complexity index is 687. The lowest BCUT2D eigenvalue weighted by molar-refractivity contribution is 0.484. The van der Waals surface area contributed by atoms with Crippen LogP contribution in [0.25, 0.3) is 11.1 Å². The average Bonchev–Trinajstić information content (AvgIpc) is 2.56. The summed E-state index contributed by atoms with van der Waals surface area (Å²) in [5.41, 5.74) is 3.63. The van der Waals surface area contributed by atoms with Crippen molar-refractivity contribution in [2.24, 2.45) is 0 Å². The summed E-state index contributed by atoms with van der Waals surface area (Å²) in [6.45, 7) is 6.24. The van der Waals surface area contributed by atoms with Gasteiger partial charge in [-0.15, -0.1) is 0 Å². The molecule has 0 atom stereocenters. The molecule has 0 bridgehead atoms. The zero-order valence-electron chi connectivity index (χ0n) is 12.1. The molecule has 0 aromatic carbocycles. The summed E-state index contributed by atoms with van der Waals surface area (Å²) in [4.78, 5) is 0.0156. The van der Waals surface area contributed by atoms with Crippen LogP contribution >= 0.6 is 0 Å². The molecule has 4 heteroatoms. The maximum Gasteiger partial charge on any atom is 0.295 e. The third kappa shape index (κ3) is 2.86. The summed E-state index contributed by atoms with van der Waals surface area (Å²) < 4.78 is 32.5. The third-order valence-electron chi connectivity index (χ3n) is 3.56. The van der Waals surface area contributed by atoms with Crippen molar-refractivity contribution in [2.45, 2.75) is 44.4 Å². The second-order valence-electron chi connectivity index (χ2n) is 5.41. The van der Waals surface area contributed by atoms with Gasteiger partial charge < -0.3 is 0 Å². The second-order valence-corrected chi connectivity index (χ2v) is 6.80. The number of aryl methyl sites for hydroxylation is 1. The van der Waals surface area contributed by atoms with Crippen molar-refractivity contribution in [3.63, 3.8) is 0 Å². The lowest BCUT2D eigenvalue weighted by Gasteiger charge is -1.99. The van der Waals surface area contributed by atoms with Crippen molar-refractivity contribution >= 4 is 10.1 Å². The number of hydrogen-bond donors (Lipinski definition) is 1. The molecule has 0 unspecified atom stereocenters. The first kappa shape index (κ1) is 15.0. The molecule has 0 aliphatic heterocycles. The highest BCUT2D eigenvalue weighted by atomic mass is 32.2. The molecule has 0 heterocycles. The fourth-order valence-electron chi connectivity index (χ4n) is 2.48. The van der Waals surface area contributed by atoms with E-state index in [-0.39, 0.29) is 4.90 Å². The van der Waals surface area contributed by atoms with Crippen LogP contribution in [-0.2, 0) is 16.5 Å². The van der Waals surface area contributed by atoms with Crippen molar-refractivity contribution in [1.82, 2.24) is 0 Å². The van der Waals surface area contributed by atoms with Gasteiger partial charge in [0.15, 0.2) is 0 Å². The van der Waals surface area contributed by atoms with Gasteiger partial charge in [0.25, 0.3) is 10.1 Å². The zero-order chi connectivity index (χ0) is 14.9. The second kappa shape index (κ2) is 5.54. The molecule has 0 aromatic heterocycles. The Balaban J connectivity index is 2.73. The summed E-state index contributed by atoms with van der Waals surface area (Å²) in [5.74, 6) is 0.371. The highest BCUT2D eigenvalue weighted by Crippen LogP contribution is 2.36. The summed E-state index contributed by atoms with van der Waals surface area (Å²) in [6.07, 6.45) is 1.73. The van der Waals surface area contributed by atoms with Gasteiger partial charge in [-0.1, -0.05) is 51.5 Å². The number of rotatable bonds is 4. The monoisotopic (exact) mass is 292 g/mol. The molecule has 2 rings (SSSR count). The van der Waals surface area contributed by atoms with Crippen LogP contribution in [0.4, 0.5) is 0 Å². The van der Waals surface area contributed by atoms with Crippen molar-refractivity contribution < 1.29 is 13.0 Å². The quantitative estimate of drug-likeness (QED) is 0.863. The first-order valence-corrected chi connectivity index (χ1v) is 8.31. The highest BCUT2D eigenvalue weighted by Gasteiger charge is 2.22. The van der Waals surface area contributed by atoms with Gasteiger partial charge in [0, 0.05) is 5.56 Å². The minimum Gasteiger partial charge on any atom is -0.282 e. The fourth-order valence-corrected chi connectivity index (χ4v) is 3.22. The summed E-state index contributed by atoms with van der Waals surface area (Å²) in [6, 6.07) is 9.31. The predicted octanol–water partition coefficient (Wildman–Crippen LogP) is 4.11. The Morgan fingerprint density at radius 2 is 1.70 bits per heavy atom. The van der Waals surface area contributed by atoms with Crippen molar-refractivity contribution in [3.05, 3.63) is 41.5 Å². The molecule has 0 radical (unpaired) electrons. The Morgan fingerprint density at radius 3 is 2.20 bits per heavy atom. The van der Waals surface area contributed by atoms with E-state index in [1.54, 1.807) is 12.1 Å². The molecule has 20 heavy (non-hydrogen) atoms. The smallest absolute Gasteiger partial charge is 0.282 e. The van der Waals surface area contributed by atoms with Crippen LogP contribution in [0, 0.1) is 0 Å². The first-order chi connectivity index (χ1) is 9.34. The maximum absolute atomic E-state index is 11.5. The molecule has 0 saturated carbocycles. The van der Waals surface area contributed by atoms with E-state index in [1.807, 2.05) is 18.2 Å². The Kier molecular flexibility index (Phi) is 4.16. The van der Waals surface area contributed by atoms with Gasteiger partial charge in [0.05, 0.1) is 0 Å². The van der Waals surface area contributed by atoms with Crippen molar-refractivity contribution in [1.29, 1.82) is 0 Å². The number of hydrogen-bond acceptors (Lipinski definition) is 2. The molecule has 0 saturated heterocycles. The minimum atomic E-state index is -4.19. The fraction of sp³-hybridized carbons (Fsp3) is 0.375. The summed E-state index contributed by atoms with van der Waals surface area (Å²) >= 11 is 0. The maximum atomic E-state index is 11.5. The largest absolute Gasteiger partial charge is 0.295 e. The predicted molar refractivity (Wildman–Crippen MR) is 81.0 cm³/mol. The van der Waals surface area contributed by atoms with E-state index >= 15 is 0 Å². The van der Waals surface area contributed by atoms with Crippen LogP contribution in [0.5, 0.6) is 0 Å². The van der Waals surface area contributed by atoms with Crippen molar-refractivity contribution in [2.75, 3.05) is 0 Å². The van der Waals surface area contributed by atoms with Crippen LogP contribution in [0.1, 0.15) is 44.2 Å². The van der Waals surface area contributed by atoms with Crippen LogP contribution in [-0.4, -0.2) is 13.0 Å². The van der Waals surface area contributed by atoms with Gasteiger partial charge in [-0.25, -0.2) is 0 Å². The first-order valence-electron chi connectivity index (χ1n) is 6.87. The Morgan fingerprint density at radius 1 is 1.10 bits per heavy atom. The topological polar surface area (TPSA) is 54.4 Å². The van der Waals surface area contributed by atoms with Gasteiger partial charge in [0.2, 0.25) is 0 Å². The normalized spacial score (nSPS) is 12.2. The van der Waals surface area contributed by atoms with Crippen LogP contribution in [0.3, 0.4) is 0 Å². The molecule has 0 aromatic rings. The molecule has 0 spiro atoms. The molecule has 0 fully saturated rings. The van der Waals surface area contributed by atoms with Gasteiger partial charge in [0.1, 0.15) is 4.90 Å². The highest BCUT2D eigenvalue weighted by molar-refractivity contribution is 7.86. The minimum absolute atomic E-state index is 0.0156. The van der Waals surface area contributed by atoms with Crippen molar-refractivity contribution in [3.8, 4) is 11.1 Å². The van der Waals surface area contributed by atoms with E-state index in [0.29, 0.717) is 11.5 Å². The molecule has 1 N–H and O–H groups in total. The van der Waals surface area contributed by atoms with Crippen LogP contribution < -0.4 is 0 Å². The summed E-state index contributed by atoms with van der Waals surface area (Å²) in [7, 11) is -4.19. The lowest BCUT2D eigenvalue weighted by atomic mass is 10.1. The SMILES string of the molecule is CCCc1cc(S(=O)(=O)O)c2ccc(C(C)C)ccc1-2. The molecule has 0 amide bonds. The Hall–Kier alpha value is -1.39. The van der Waals surface area contributed by atoms with Gasteiger partial charge in [-0.2, -0.15) is 8.42 Å². The summed E-state index contributed by atoms with van der Waals surface area (Å²) in [5, 5.41) is 0. The van der Waals surface area contributed by atoms with E-state index < -0.39 is 10.1 Å². The van der Waals surface area contributed by atoms with E-state index in [2.05, 4.69) is 20.8 Å².